The zero-order chi connectivity index (χ0) is 24.7. The zero-order valence-corrected chi connectivity index (χ0v) is 18.8. The van der Waals surface area contributed by atoms with Gasteiger partial charge in [-0.15, -0.1) is 0 Å². The number of benzene rings is 1. The lowest BCUT2D eigenvalue weighted by Crippen LogP contribution is -2.53. The predicted octanol–water partition coefficient (Wildman–Crippen LogP) is 3.07. The standard InChI is InChI=1S/C23H26F4N6O2/c24-14-5-6-17(23(25,26)27)16(11-14)19-4-2-9-32(19)20-7-10-33-21(30-20)18(12-28-33)29-22(35)31-8-1-3-15(34)13-31/h5-7,10-12,15,18-19,21,34H,1-4,8-9,13H2,(H,29,35)/t15-,18?,19+,21?/m0/s1. The van der Waals surface area contributed by atoms with Crippen LogP contribution in [-0.4, -0.2) is 75.9 Å². The van der Waals surface area contributed by atoms with Crippen molar-refractivity contribution in [3.8, 4) is 0 Å². The molecule has 2 saturated heterocycles. The number of carbonyl (C=O) groups excluding carboxylic acids is 1. The van der Waals surface area contributed by atoms with Gasteiger partial charge in [0.15, 0.2) is 6.17 Å². The average molecular weight is 494 g/mol. The van der Waals surface area contributed by atoms with Crippen LogP contribution in [0.4, 0.5) is 22.4 Å². The number of β-amino-alcohol motifs (C(OH)–C–C–N with tert-alkyl or cyclic N) is 1. The van der Waals surface area contributed by atoms with Gasteiger partial charge in [-0.2, -0.15) is 18.3 Å². The Bertz CT molecular complexity index is 1070. The van der Waals surface area contributed by atoms with E-state index in [1.807, 2.05) is 0 Å². The van der Waals surface area contributed by atoms with Crippen LogP contribution in [0.15, 0.2) is 40.6 Å². The highest BCUT2D eigenvalue weighted by atomic mass is 19.4. The summed E-state index contributed by atoms with van der Waals surface area (Å²) in [4.78, 5) is 20.7. The summed E-state index contributed by atoms with van der Waals surface area (Å²) in [6.07, 6.45) is 1.59. The minimum atomic E-state index is -4.60. The van der Waals surface area contributed by atoms with Crippen LogP contribution in [0.3, 0.4) is 0 Å². The van der Waals surface area contributed by atoms with E-state index in [4.69, 9.17) is 4.99 Å². The summed E-state index contributed by atoms with van der Waals surface area (Å²) in [6, 6.07) is 1.01. The van der Waals surface area contributed by atoms with Crippen LogP contribution in [0.5, 0.6) is 0 Å². The number of alkyl halides is 3. The number of hydrazone groups is 1. The van der Waals surface area contributed by atoms with Crippen LogP contribution in [0.25, 0.3) is 0 Å². The molecular formula is C23H26F4N6O2. The molecule has 2 amide bonds. The first kappa shape index (κ1) is 23.6. The Labute approximate surface area is 199 Å². The molecule has 0 aromatic heterocycles. The molecule has 2 N–H and O–H groups in total. The van der Waals surface area contributed by atoms with E-state index in [9.17, 15) is 27.5 Å². The summed E-state index contributed by atoms with van der Waals surface area (Å²) in [6.45, 7) is 1.27. The number of aliphatic imine (C=N–C) groups is 1. The van der Waals surface area contributed by atoms with Crippen LogP contribution in [0.2, 0.25) is 0 Å². The maximum atomic E-state index is 14.0. The van der Waals surface area contributed by atoms with Crippen molar-refractivity contribution >= 4 is 18.1 Å². The summed E-state index contributed by atoms with van der Waals surface area (Å²) >= 11 is 0. The van der Waals surface area contributed by atoms with Gasteiger partial charge in [0.05, 0.1) is 23.9 Å². The normalized spacial score (nSPS) is 28.4. The minimum Gasteiger partial charge on any atom is -0.391 e. The van der Waals surface area contributed by atoms with Crippen LogP contribution < -0.4 is 5.32 Å². The Balaban J connectivity index is 1.36. The second-order valence-electron chi connectivity index (χ2n) is 9.16. The van der Waals surface area contributed by atoms with Crippen molar-refractivity contribution in [1.82, 2.24) is 20.1 Å². The van der Waals surface area contributed by atoms with Gasteiger partial charge >= 0.3 is 12.2 Å². The fourth-order valence-electron chi connectivity index (χ4n) is 5.13. The fraction of sp³-hybridized carbons (Fsp3) is 0.522. The predicted molar refractivity (Wildman–Crippen MR) is 120 cm³/mol. The summed E-state index contributed by atoms with van der Waals surface area (Å²) in [7, 11) is 0. The van der Waals surface area contributed by atoms with Crippen molar-refractivity contribution in [2.45, 2.75) is 56.2 Å². The van der Waals surface area contributed by atoms with Gasteiger partial charge in [-0.3, -0.25) is 0 Å². The maximum Gasteiger partial charge on any atom is 0.416 e. The second kappa shape index (κ2) is 9.14. The number of likely N-dealkylation sites (tertiary alicyclic amines) is 2. The van der Waals surface area contributed by atoms with Crippen molar-refractivity contribution in [2.75, 3.05) is 19.6 Å². The number of nitrogens with one attached hydrogen (secondary N) is 1. The molecule has 0 spiro atoms. The number of nitrogens with zero attached hydrogens (tertiary/aromatic N) is 5. The number of piperidine rings is 1. The third kappa shape index (κ3) is 4.71. The molecule has 4 atom stereocenters. The summed E-state index contributed by atoms with van der Waals surface area (Å²) in [5.41, 5.74) is -0.958. The largest absolute Gasteiger partial charge is 0.416 e. The molecule has 2 fully saturated rings. The lowest BCUT2D eigenvalue weighted by molar-refractivity contribution is -0.138. The number of amidine groups is 1. The number of rotatable bonds is 2. The third-order valence-corrected chi connectivity index (χ3v) is 6.79. The highest BCUT2D eigenvalue weighted by Gasteiger charge is 2.40. The molecule has 1 aromatic rings. The molecule has 4 heterocycles. The highest BCUT2D eigenvalue weighted by Crippen LogP contribution is 2.41. The van der Waals surface area contributed by atoms with Gasteiger partial charge in [-0.25, -0.2) is 19.2 Å². The second-order valence-corrected chi connectivity index (χ2v) is 9.16. The Morgan fingerprint density at radius 1 is 1.17 bits per heavy atom. The van der Waals surface area contributed by atoms with Gasteiger partial charge in [0.2, 0.25) is 0 Å². The molecule has 188 valence electrons. The van der Waals surface area contributed by atoms with Crippen LogP contribution in [0, 0.1) is 5.82 Å². The fourth-order valence-corrected chi connectivity index (χ4v) is 5.13. The van der Waals surface area contributed by atoms with E-state index in [2.05, 4.69) is 10.4 Å². The van der Waals surface area contributed by atoms with Crippen LogP contribution in [0.1, 0.15) is 42.9 Å². The SMILES string of the molecule is O=C(NC1C=NN2C=CC(N3CCC[C@@H]3c3cc(F)ccc3C(F)(F)F)=NC12)N1CCC[C@H](O)C1. The van der Waals surface area contributed by atoms with E-state index >= 15 is 0 Å². The number of aliphatic hydroxyl groups excluding tert-OH is 1. The van der Waals surface area contributed by atoms with Crippen molar-refractivity contribution < 1.29 is 27.5 Å². The molecule has 0 radical (unpaired) electrons. The van der Waals surface area contributed by atoms with E-state index in [1.165, 1.54) is 0 Å². The van der Waals surface area contributed by atoms with Crippen LogP contribution >= 0.6 is 0 Å². The summed E-state index contributed by atoms with van der Waals surface area (Å²) in [5.74, 6) is -0.258. The number of amides is 2. The number of fused-ring (bicyclic) bond motifs is 1. The molecule has 1 aromatic carbocycles. The Kier molecular flexibility index (Phi) is 6.16. The van der Waals surface area contributed by atoms with Gasteiger partial charge in [0, 0.05) is 25.8 Å². The quantitative estimate of drug-likeness (QED) is 0.620. The maximum absolute atomic E-state index is 14.0. The highest BCUT2D eigenvalue weighted by molar-refractivity contribution is 5.95. The molecule has 8 nitrogen and oxygen atoms in total. The number of halogens is 4. The van der Waals surface area contributed by atoms with Crippen LogP contribution in [-0.2, 0) is 6.18 Å². The monoisotopic (exact) mass is 494 g/mol. The average Bonchev–Trinajstić information content (AvgIpc) is 3.45. The lowest BCUT2D eigenvalue weighted by Gasteiger charge is -2.34. The van der Waals surface area contributed by atoms with E-state index in [0.717, 1.165) is 18.2 Å². The number of hydrogen-bond acceptors (Lipinski definition) is 6. The minimum absolute atomic E-state index is 0.107. The van der Waals surface area contributed by atoms with Crippen molar-refractivity contribution in [3.05, 3.63) is 47.4 Å². The lowest BCUT2D eigenvalue weighted by atomic mass is 9.97. The third-order valence-electron chi connectivity index (χ3n) is 6.79. The van der Waals surface area contributed by atoms with Gasteiger partial charge in [0.1, 0.15) is 17.7 Å². The molecule has 35 heavy (non-hydrogen) atoms. The molecule has 2 unspecified atom stereocenters. The number of hydrogen-bond donors (Lipinski definition) is 2. The van der Waals surface area contributed by atoms with E-state index in [0.29, 0.717) is 44.6 Å². The molecule has 0 aliphatic carbocycles. The number of urea groups is 1. The molecule has 12 heteroatoms. The number of carbonyl (C=O) groups is 1. The van der Waals surface area contributed by atoms with E-state index in [1.54, 1.807) is 33.3 Å². The summed E-state index contributed by atoms with van der Waals surface area (Å²) in [5, 5.41) is 18.6. The van der Waals surface area contributed by atoms with Gasteiger partial charge < -0.3 is 20.2 Å². The Morgan fingerprint density at radius 3 is 2.74 bits per heavy atom. The zero-order valence-electron chi connectivity index (χ0n) is 18.8. The van der Waals surface area contributed by atoms with Gasteiger partial charge in [0.25, 0.3) is 0 Å². The molecule has 0 saturated carbocycles. The molecule has 5 rings (SSSR count). The molecule has 0 bridgehead atoms. The van der Waals surface area contributed by atoms with E-state index in [-0.39, 0.29) is 18.1 Å². The topological polar surface area (TPSA) is 83.8 Å². The van der Waals surface area contributed by atoms with Crippen molar-refractivity contribution in [3.63, 3.8) is 0 Å². The molecule has 4 aliphatic heterocycles. The van der Waals surface area contributed by atoms with Crippen molar-refractivity contribution in [2.24, 2.45) is 10.1 Å². The smallest absolute Gasteiger partial charge is 0.391 e. The first-order valence-electron chi connectivity index (χ1n) is 11.7. The van der Waals surface area contributed by atoms with Crippen molar-refractivity contribution in [1.29, 1.82) is 0 Å². The van der Waals surface area contributed by atoms with Gasteiger partial charge in [-0.1, -0.05) is 0 Å². The molecule has 4 aliphatic rings. The first-order valence-corrected chi connectivity index (χ1v) is 11.7. The van der Waals surface area contributed by atoms with Gasteiger partial charge in [-0.05, 0) is 55.5 Å². The number of aliphatic hydroxyl groups is 1. The van der Waals surface area contributed by atoms with E-state index < -0.39 is 41.9 Å². The Morgan fingerprint density at radius 2 is 1.97 bits per heavy atom. The first-order chi connectivity index (χ1) is 16.7. The summed E-state index contributed by atoms with van der Waals surface area (Å²) < 4.78 is 55.0. The molecular weight excluding hydrogens is 468 g/mol. The Hall–Kier alpha value is -3.15.